The van der Waals surface area contributed by atoms with Crippen molar-refractivity contribution in [1.29, 1.82) is 0 Å². The number of fused-ring (bicyclic) bond motifs is 1. The number of allylic oxidation sites excluding steroid dienone is 2. The van der Waals surface area contributed by atoms with Gasteiger partial charge in [0.25, 0.3) is 0 Å². The standard InChI is InChI=1S/C31H36N4/c1-4-22(3)31-28(29(20-34-31)26-10-11-30-27(18-26)12-13-33-30)19-24(5-2)25-8-6-23(7-9-25)21-35-16-14-32-15-17-35/h5-13,18-20,32-34H,4,14-17,21H2,1-3H3/b24-5+,28-19-,31-22-. The molecule has 4 heteroatoms. The number of aromatic amines is 2. The third kappa shape index (κ3) is 5.04. The highest BCUT2D eigenvalue weighted by atomic mass is 15.2. The maximum absolute atomic E-state index is 3.59. The van der Waals surface area contributed by atoms with E-state index in [0.717, 1.165) is 39.1 Å². The second kappa shape index (κ2) is 10.5. The van der Waals surface area contributed by atoms with Crippen molar-refractivity contribution in [1.82, 2.24) is 20.2 Å². The van der Waals surface area contributed by atoms with Crippen LogP contribution in [0.25, 0.3) is 39.3 Å². The van der Waals surface area contributed by atoms with Gasteiger partial charge in [0.2, 0.25) is 0 Å². The first-order chi connectivity index (χ1) is 17.2. The van der Waals surface area contributed by atoms with Crippen molar-refractivity contribution in [3.05, 3.63) is 88.7 Å². The van der Waals surface area contributed by atoms with Crippen LogP contribution in [0.1, 0.15) is 38.3 Å². The second-order valence-corrected chi connectivity index (χ2v) is 9.52. The van der Waals surface area contributed by atoms with Gasteiger partial charge in [0.1, 0.15) is 0 Å². The molecule has 1 aliphatic heterocycles. The molecule has 180 valence electrons. The molecule has 4 aromatic rings. The topological polar surface area (TPSA) is 46.9 Å². The molecule has 0 atom stereocenters. The van der Waals surface area contributed by atoms with Crippen molar-refractivity contribution in [2.75, 3.05) is 26.2 Å². The number of H-pyrrole nitrogens is 2. The molecule has 1 saturated heterocycles. The molecule has 0 radical (unpaired) electrons. The number of nitrogens with zero attached hydrogens (tertiary/aromatic N) is 1. The van der Waals surface area contributed by atoms with E-state index in [1.54, 1.807) is 0 Å². The predicted molar refractivity (Wildman–Crippen MR) is 149 cm³/mol. The molecule has 2 aromatic carbocycles. The van der Waals surface area contributed by atoms with Crippen molar-refractivity contribution in [3.63, 3.8) is 0 Å². The van der Waals surface area contributed by atoms with Crippen molar-refractivity contribution < 1.29 is 0 Å². The molecule has 0 saturated carbocycles. The van der Waals surface area contributed by atoms with E-state index in [0.29, 0.717) is 0 Å². The van der Waals surface area contributed by atoms with Crippen molar-refractivity contribution >= 4 is 28.1 Å². The van der Waals surface area contributed by atoms with Crippen LogP contribution in [0.3, 0.4) is 0 Å². The number of rotatable bonds is 6. The molecule has 0 unspecified atom stereocenters. The molecule has 0 spiro atoms. The summed E-state index contributed by atoms with van der Waals surface area (Å²) in [6, 6.07) is 17.9. The first-order valence-electron chi connectivity index (χ1n) is 12.8. The zero-order chi connectivity index (χ0) is 24.2. The van der Waals surface area contributed by atoms with E-state index >= 15 is 0 Å². The molecule has 1 aliphatic rings. The van der Waals surface area contributed by atoms with Gasteiger partial charge in [-0.25, -0.2) is 0 Å². The minimum atomic E-state index is 1.02. The summed E-state index contributed by atoms with van der Waals surface area (Å²) in [7, 11) is 0. The summed E-state index contributed by atoms with van der Waals surface area (Å²) < 4.78 is 0. The zero-order valence-electron chi connectivity index (χ0n) is 21.1. The van der Waals surface area contributed by atoms with Crippen LogP contribution >= 0.6 is 0 Å². The van der Waals surface area contributed by atoms with Gasteiger partial charge in [0.15, 0.2) is 0 Å². The third-order valence-corrected chi connectivity index (χ3v) is 7.26. The number of benzene rings is 2. The van der Waals surface area contributed by atoms with E-state index in [-0.39, 0.29) is 0 Å². The fraction of sp³-hybridized carbons (Fsp3) is 0.290. The highest BCUT2D eigenvalue weighted by molar-refractivity contribution is 5.91. The number of piperazine rings is 1. The van der Waals surface area contributed by atoms with Gasteiger partial charge in [-0.2, -0.15) is 0 Å². The smallest absolute Gasteiger partial charge is 0.0454 e. The van der Waals surface area contributed by atoms with Crippen LogP contribution in [-0.4, -0.2) is 41.0 Å². The van der Waals surface area contributed by atoms with Gasteiger partial charge in [-0.1, -0.05) is 43.3 Å². The monoisotopic (exact) mass is 464 g/mol. The molecule has 3 N–H and O–H groups in total. The third-order valence-electron chi connectivity index (χ3n) is 7.26. The van der Waals surface area contributed by atoms with Gasteiger partial charge in [0, 0.05) is 66.8 Å². The number of hydrogen-bond donors (Lipinski definition) is 3. The summed E-state index contributed by atoms with van der Waals surface area (Å²) in [5, 5.41) is 7.16. The first-order valence-corrected chi connectivity index (χ1v) is 12.8. The highest BCUT2D eigenvalue weighted by Gasteiger charge is 2.11. The molecule has 2 aromatic heterocycles. The lowest BCUT2D eigenvalue weighted by molar-refractivity contribution is 0.233. The number of hydrogen-bond acceptors (Lipinski definition) is 2. The summed E-state index contributed by atoms with van der Waals surface area (Å²) in [6.45, 7) is 12.0. The quantitative estimate of drug-likeness (QED) is 0.375. The Bertz CT molecular complexity index is 1440. The van der Waals surface area contributed by atoms with Gasteiger partial charge < -0.3 is 15.3 Å². The van der Waals surface area contributed by atoms with Crippen LogP contribution in [0.4, 0.5) is 0 Å². The second-order valence-electron chi connectivity index (χ2n) is 9.52. The molecular weight excluding hydrogens is 428 g/mol. The van der Waals surface area contributed by atoms with Crippen molar-refractivity contribution in [3.8, 4) is 11.1 Å². The molecule has 3 heterocycles. The lowest BCUT2D eigenvalue weighted by Gasteiger charge is -2.27. The molecular formula is C31H36N4. The Morgan fingerprint density at radius 3 is 2.54 bits per heavy atom. The summed E-state index contributed by atoms with van der Waals surface area (Å²) in [5.41, 5.74) is 8.89. The summed E-state index contributed by atoms with van der Waals surface area (Å²) >= 11 is 0. The fourth-order valence-electron chi connectivity index (χ4n) is 4.99. The Balaban J connectivity index is 1.53. The van der Waals surface area contributed by atoms with Gasteiger partial charge in [0.05, 0.1) is 0 Å². The van der Waals surface area contributed by atoms with Crippen LogP contribution in [-0.2, 0) is 6.54 Å². The number of aromatic nitrogens is 2. The van der Waals surface area contributed by atoms with Crippen LogP contribution < -0.4 is 15.9 Å². The molecule has 0 aliphatic carbocycles. The molecule has 0 amide bonds. The first kappa shape index (κ1) is 23.4. The fourth-order valence-corrected chi connectivity index (χ4v) is 4.99. The van der Waals surface area contributed by atoms with Crippen molar-refractivity contribution in [2.45, 2.75) is 33.7 Å². The largest absolute Gasteiger partial charge is 0.361 e. The maximum Gasteiger partial charge on any atom is 0.0454 e. The Morgan fingerprint density at radius 2 is 1.80 bits per heavy atom. The van der Waals surface area contributed by atoms with E-state index in [4.69, 9.17) is 0 Å². The van der Waals surface area contributed by atoms with Crippen LogP contribution in [0, 0.1) is 0 Å². The molecule has 35 heavy (non-hydrogen) atoms. The van der Waals surface area contributed by atoms with Crippen molar-refractivity contribution in [2.24, 2.45) is 0 Å². The van der Waals surface area contributed by atoms with Gasteiger partial charge in [-0.3, -0.25) is 4.90 Å². The Kier molecular flexibility index (Phi) is 7.03. The van der Waals surface area contributed by atoms with E-state index in [1.807, 2.05) is 6.20 Å². The van der Waals surface area contributed by atoms with E-state index < -0.39 is 0 Å². The van der Waals surface area contributed by atoms with Crippen LogP contribution in [0.2, 0.25) is 0 Å². The van der Waals surface area contributed by atoms with E-state index in [9.17, 15) is 0 Å². The SMILES string of the molecule is C\C=C(/C=c1/c(-c2ccc3[nH]ccc3c2)c[nH]/c1=C(/C)CC)c1ccc(CN2CCNCC2)cc1. The molecule has 4 nitrogen and oxygen atoms in total. The zero-order valence-corrected chi connectivity index (χ0v) is 21.1. The predicted octanol–water partition coefficient (Wildman–Crippen LogP) is 5.03. The Hall–Kier alpha value is -3.34. The maximum atomic E-state index is 3.59. The minimum absolute atomic E-state index is 1.02. The molecule has 0 bridgehead atoms. The van der Waals surface area contributed by atoms with Gasteiger partial charge in [-0.05, 0) is 77.8 Å². The lowest BCUT2D eigenvalue weighted by Crippen LogP contribution is -2.42. The van der Waals surface area contributed by atoms with Gasteiger partial charge >= 0.3 is 0 Å². The van der Waals surface area contributed by atoms with E-state index in [2.05, 4.69) is 108 Å². The Labute approximate surface area is 208 Å². The molecule has 5 rings (SSSR count). The summed E-state index contributed by atoms with van der Waals surface area (Å²) in [5.74, 6) is 0. The lowest BCUT2D eigenvalue weighted by atomic mass is 9.99. The Morgan fingerprint density at radius 1 is 1.00 bits per heavy atom. The highest BCUT2D eigenvalue weighted by Crippen LogP contribution is 2.23. The van der Waals surface area contributed by atoms with E-state index in [1.165, 1.54) is 54.9 Å². The minimum Gasteiger partial charge on any atom is -0.361 e. The van der Waals surface area contributed by atoms with Crippen LogP contribution in [0.15, 0.2) is 67.0 Å². The summed E-state index contributed by atoms with van der Waals surface area (Å²) in [6.07, 6.45) is 9.76. The van der Waals surface area contributed by atoms with Gasteiger partial charge in [-0.15, -0.1) is 0 Å². The average Bonchev–Trinajstić information content (AvgIpc) is 3.54. The summed E-state index contributed by atoms with van der Waals surface area (Å²) in [4.78, 5) is 9.42. The van der Waals surface area contributed by atoms with Crippen LogP contribution in [0.5, 0.6) is 0 Å². The molecule has 1 fully saturated rings. The normalized spacial score (nSPS) is 16.8. The average molecular weight is 465 g/mol. The number of nitrogens with one attached hydrogen (secondary N) is 3.